The van der Waals surface area contributed by atoms with Gasteiger partial charge in [0, 0.05) is 28.4 Å². The van der Waals surface area contributed by atoms with Crippen LogP contribution in [0.5, 0.6) is 0 Å². The van der Waals surface area contributed by atoms with Gasteiger partial charge in [-0.15, -0.1) is 0 Å². The van der Waals surface area contributed by atoms with E-state index in [9.17, 15) is 19.2 Å². The van der Waals surface area contributed by atoms with Crippen LogP contribution in [0.2, 0.25) is 0 Å². The molecule has 5 rings (SSSR count). The summed E-state index contributed by atoms with van der Waals surface area (Å²) in [7, 11) is 0. The number of carbonyl (C=O) groups excluding carboxylic acids is 4. The van der Waals surface area contributed by atoms with Crippen LogP contribution < -0.4 is 15.5 Å². The van der Waals surface area contributed by atoms with Crippen molar-refractivity contribution < 1.29 is 19.2 Å². The first-order valence-corrected chi connectivity index (χ1v) is 11.3. The molecule has 8 nitrogen and oxygen atoms in total. The predicted octanol–water partition coefficient (Wildman–Crippen LogP) is 4.25. The average Bonchev–Trinajstić information content (AvgIpc) is 3.19. The molecule has 0 saturated carbocycles. The zero-order valence-corrected chi connectivity index (χ0v) is 19.4. The predicted molar refractivity (Wildman–Crippen MR) is 137 cm³/mol. The van der Waals surface area contributed by atoms with Gasteiger partial charge >= 0.3 is 6.03 Å². The molecule has 1 aliphatic heterocycles. The van der Waals surface area contributed by atoms with Crippen molar-refractivity contribution in [3.63, 3.8) is 0 Å². The molecule has 3 aromatic carbocycles. The molecule has 178 valence electrons. The van der Waals surface area contributed by atoms with Crippen LogP contribution in [0, 0.1) is 6.92 Å². The van der Waals surface area contributed by atoms with Crippen molar-refractivity contribution in [3.05, 3.63) is 102 Å². The summed E-state index contributed by atoms with van der Waals surface area (Å²) in [6.45, 7) is 1.88. The summed E-state index contributed by atoms with van der Waals surface area (Å²) in [5, 5.41) is 5.87. The minimum Gasteiger partial charge on any atom is -0.337 e. The van der Waals surface area contributed by atoms with E-state index >= 15 is 0 Å². The molecule has 0 unspecified atom stereocenters. The molecule has 0 aliphatic carbocycles. The molecule has 4 aromatic rings. The van der Waals surface area contributed by atoms with Crippen molar-refractivity contribution in [2.45, 2.75) is 13.5 Å². The first-order chi connectivity index (χ1) is 17.4. The molecule has 0 radical (unpaired) electrons. The Kier molecular flexibility index (Phi) is 5.92. The van der Waals surface area contributed by atoms with Crippen LogP contribution in [0.25, 0.3) is 17.0 Å². The number of aromatic nitrogens is 1. The molecule has 1 fully saturated rings. The third kappa shape index (κ3) is 4.39. The highest BCUT2D eigenvalue weighted by molar-refractivity contribution is 6.39. The molecule has 5 amide bonds. The van der Waals surface area contributed by atoms with Crippen molar-refractivity contribution in [2.24, 2.45) is 0 Å². The molecule has 2 N–H and O–H groups in total. The molecular formula is C28H22N4O4. The van der Waals surface area contributed by atoms with Crippen LogP contribution in [0.3, 0.4) is 0 Å². The van der Waals surface area contributed by atoms with Crippen molar-refractivity contribution in [2.75, 3.05) is 10.2 Å². The van der Waals surface area contributed by atoms with Crippen LogP contribution in [0.4, 0.5) is 16.2 Å². The number of carbonyl (C=O) groups is 4. The standard InChI is InChI=1S/C28H22N4O4/c1-18-8-7-11-21(14-18)32-27(35)23(26(34)30-28(32)36)15-19-16-31(24-13-6-5-12-22(19)24)17-25(33)29-20-9-3-2-4-10-20/h2-16H,17H2,1H3,(H,29,33)(H,30,34,36). The van der Waals surface area contributed by atoms with Crippen molar-refractivity contribution in [3.8, 4) is 0 Å². The van der Waals surface area contributed by atoms with E-state index in [0.717, 1.165) is 21.4 Å². The lowest BCUT2D eigenvalue weighted by Gasteiger charge is -2.26. The summed E-state index contributed by atoms with van der Waals surface area (Å²) in [5.41, 5.74) is 3.10. The highest BCUT2D eigenvalue weighted by atomic mass is 16.2. The van der Waals surface area contributed by atoms with Gasteiger partial charge in [-0.3, -0.25) is 19.7 Å². The molecule has 1 aromatic heterocycles. The zero-order valence-electron chi connectivity index (χ0n) is 19.4. The van der Waals surface area contributed by atoms with Gasteiger partial charge in [0.05, 0.1) is 5.69 Å². The second kappa shape index (κ2) is 9.34. The minimum absolute atomic E-state index is 0.0344. The summed E-state index contributed by atoms with van der Waals surface area (Å²) in [6.07, 6.45) is 3.18. The topological polar surface area (TPSA) is 101 Å². The number of hydrogen-bond donors (Lipinski definition) is 2. The number of nitrogens with one attached hydrogen (secondary N) is 2. The summed E-state index contributed by atoms with van der Waals surface area (Å²) in [6, 6.07) is 22.7. The van der Waals surface area contributed by atoms with Gasteiger partial charge < -0.3 is 9.88 Å². The van der Waals surface area contributed by atoms with Gasteiger partial charge in [-0.1, -0.05) is 48.5 Å². The van der Waals surface area contributed by atoms with Crippen LogP contribution in [0.15, 0.2) is 90.6 Å². The maximum absolute atomic E-state index is 13.3. The fourth-order valence-corrected chi connectivity index (χ4v) is 4.21. The highest BCUT2D eigenvalue weighted by Gasteiger charge is 2.37. The number of barbiturate groups is 1. The third-order valence-corrected chi connectivity index (χ3v) is 5.85. The van der Waals surface area contributed by atoms with Gasteiger partial charge in [0.15, 0.2) is 0 Å². The number of para-hydroxylation sites is 2. The van der Waals surface area contributed by atoms with Gasteiger partial charge in [0.25, 0.3) is 11.8 Å². The second-order valence-electron chi connectivity index (χ2n) is 8.44. The molecule has 1 aliphatic rings. The molecule has 1 saturated heterocycles. The van der Waals surface area contributed by atoms with E-state index in [4.69, 9.17) is 0 Å². The Morgan fingerprint density at radius 2 is 1.69 bits per heavy atom. The highest BCUT2D eigenvalue weighted by Crippen LogP contribution is 2.27. The van der Waals surface area contributed by atoms with Crippen molar-refractivity contribution >= 4 is 52.1 Å². The Morgan fingerprint density at radius 3 is 2.47 bits per heavy atom. The number of urea groups is 1. The summed E-state index contributed by atoms with van der Waals surface area (Å²) in [5.74, 6) is -1.70. The number of imide groups is 2. The van der Waals surface area contributed by atoms with E-state index < -0.39 is 17.8 Å². The SMILES string of the molecule is Cc1cccc(N2C(=O)NC(=O)C(=Cc3cn(CC(=O)Nc4ccccc4)c4ccccc34)C2=O)c1. The molecule has 0 atom stereocenters. The van der Waals surface area contributed by atoms with Gasteiger partial charge in [-0.25, -0.2) is 9.69 Å². The number of hydrogen-bond acceptors (Lipinski definition) is 4. The van der Waals surface area contributed by atoms with Crippen molar-refractivity contribution in [1.29, 1.82) is 0 Å². The van der Waals surface area contributed by atoms with E-state index in [-0.39, 0.29) is 18.0 Å². The Hall–Kier alpha value is -4.98. The normalized spacial score (nSPS) is 14.9. The van der Waals surface area contributed by atoms with E-state index in [1.54, 1.807) is 41.1 Å². The number of anilines is 2. The number of amides is 5. The van der Waals surface area contributed by atoms with Gasteiger partial charge in [-0.05, 0) is 48.9 Å². The molecular weight excluding hydrogens is 456 g/mol. The average molecular weight is 479 g/mol. The zero-order chi connectivity index (χ0) is 25.2. The lowest BCUT2D eigenvalue weighted by Crippen LogP contribution is -2.54. The monoisotopic (exact) mass is 478 g/mol. The first kappa shape index (κ1) is 22.8. The van der Waals surface area contributed by atoms with Gasteiger partial charge in [-0.2, -0.15) is 0 Å². The van der Waals surface area contributed by atoms with E-state index in [1.165, 1.54) is 6.08 Å². The molecule has 8 heteroatoms. The Labute approximate surface area is 206 Å². The second-order valence-corrected chi connectivity index (χ2v) is 8.44. The fraction of sp³-hybridized carbons (Fsp3) is 0.0714. The molecule has 2 heterocycles. The molecule has 0 spiro atoms. The lowest BCUT2D eigenvalue weighted by molar-refractivity contribution is -0.122. The van der Waals surface area contributed by atoms with Gasteiger partial charge in [0.2, 0.25) is 5.91 Å². The van der Waals surface area contributed by atoms with Crippen LogP contribution in [0.1, 0.15) is 11.1 Å². The number of nitrogens with zero attached hydrogens (tertiary/aromatic N) is 2. The maximum atomic E-state index is 13.3. The quantitative estimate of drug-likeness (QED) is 0.331. The minimum atomic E-state index is -0.798. The Bertz CT molecular complexity index is 1550. The molecule has 0 bridgehead atoms. The first-order valence-electron chi connectivity index (χ1n) is 11.3. The van der Waals surface area contributed by atoms with Crippen LogP contribution >= 0.6 is 0 Å². The fourth-order valence-electron chi connectivity index (χ4n) is 4.21. The van der Waals surface area contributed by atoms with E-state index in [2.05, 4.69) is 10.6 Å². The Morgan fingerprint density at radius 1 is 0.944 bits per heavy atom. The largest absolute Gasteiger partial charge is 0.337 e. The number of benzene rings is 3. The van der Waals surface area contributed by atoms with E-state index in [0.29, 0.717) is 16.9 Å². The van der Waals surface area contributed by atoms with Crippen LogP contribution in [-0.4, -0.2) is 28.3 Å². The summed E-state index contributed by atoms with van der Waals surface area (Å²) < 4.78 is 1.76. The smallest absolute Gasteiger partial charge is 0.335 e. The van der Waals surface area contributed by atoms with Crippen molar-refractivity contribution in [1.82, 2.24) is 9.88 Å². The van der Waals surface area contributed by atoms with Gasteiger partial charge in [0.1, 0.15) is 12.1 Å². The third-order valence-electron chi connectivity index (χ3n) is 5.85. The summed E-state index contributed by atoms with van der Waals surface area (Å²) in [4.78, 5) is 52.1. The van der Waals surface area contributed by atoms with E-state index in [1.807, 2.05) is 55.5 Å². The lowest BCUT2D eigenvalue weighted by atomic mass is 10.1. The maximum Gasteiger partial charge on any atom is 0.335 e. The number of rotatable bonds is 5. The Balaban J connectivity index is 1.49. The number of fused-ring (bicyclic) bond motifs is 1. The summed E-state index contributed by atoms with van der Waals surface area (Å²) >= 11 is 0. The number of aryl methyl sites for hydroxylation is 1. The van der Waals surface area contributed by atoms with Crippen LogP contribution in [-0.2, 0) is 20.9 Å². The molecule has 36 heavy (non-hydrogen) atoms.